The first kappa shape index (κ1) is 25.4. The maximum absolute atomic E-state index is 12.2. The third-order valence-electron chi connectivity index (χ3n) is 4.06. The van der Waals surface area contributed by atoms with Crippen molar-refractivity contribution in [2.45, 2.75) is 45.4 Å². The fourth-order valence-corrected chi connectivity index (χ4v) is 4.00. The molecule has 0 atom stereocenters. The van der Waals surface area contributed by atoms with Crippen LogP contribution in [0.15, 0.2) is 45.9 Å². The van der Waals surface area contributed by atoms with Gasteiger partial charge >= 0.3 is 0 Å². The molecule has 0 fully saturated rings. The van der Waals surface area contributed by atoms with E-state index in [2.05, 4.69) is 34.6 Å². The number of rotatable bonds is 10. The first-order valence-corrected chi connectivity index (χ1v) is 11.4. The van der Waals surface area contributed by atoms with Crippen LogP contribution >= 0.6 is 24.0 Å². The lowest BCUT2D eigenvalue weighted by Gasteiger charge is -2.11. The lowest BCUT2D eigenvalue weighted by Crippen LogP contribution is -2.38. The Morgan fingerprint density at radius 2 is 1.93 bits per heavy atom. The minimum Gasteiger partial charge on any atom is -0.359 e. The Kier molecular flexibility index (Phi) is 11.3. The first-order valence-electron chi connectivity index (χ1n) is 9.61. The van der Waals surface area contributed by atoms with E-state index in [1.165, 1.54) is 0 Å². The van der Waals surface area contributed by atoms with Crippen molar-refractivity contribution in [2.75, 3.05) is 18.8 Å². The molecule has 9 heteroatoms. The van der Waals surface area contributed by atoms with Gasteiger partial charge in [0.25, 0.3) is 0 Å². The predicted molar refractivity (Wildman–Crippen MR) is 127 cm³/mol. The van der Waals surface area contributed by atoms with Gasteiger partial charge in [0.1, 0.15) is 6.54 Å². The summed E-state index contributed by atoms with van der Waals surface area (Å²) >= 11 is 0. The molecule has 0 aliphatic heterocycles. The Morgan fingerprint density at radius 3 is 2.55 bits per heavy atom. The van der Waals surface area contributed by atoms with Crippen LogP contribution in [0.2, 0.25) is 0 Å². The van der Waals surface area contributed by atoms with Crippen molar-refractivity contribution in [2.24, 2.45) is 4.99 Å². The highest BCUT2D eigenvalue weighted by Crippen LogP contribution is 2.14. The van der Waals surface area contributed by atoms with Crippen LogP contribution in [-0.2, 0) is 22.1 Å². The van der Waals surface area contributed by atoms with Crippen LogP contribution in [-0.4, -0.2) is 38.4 Å². The smallest absolute Gasteiger partial charge is 0.191 e. The number of guanidine groups is 1. The number of halogens is 1. The van der Waals surface area contributed by atoms with Crippen molar-refractivity contribution in [3.63, 3.8) is 0 Å². The Bertz CT molecular complexity index is 852. The number of sulfone groups is 1. The summed E-state index contributed by atoms with van der Waals surface area (Å²) in [5.74, 6) is 1.85. The normalized spacial score (nSPS) is 11.9. The van der Waals surface area contributed by atoms with E-state index >= 15 is 0 Å². The Labute approximate surface area is 190 Å². The highest BCUT2D eigenvalue weighted by atomic mass is 127. The summed E-state index contributed by atoms with van der Waals surface area (Å²) in [6.07, 6.45) is 0.513. The molecule has 0 saturated heterocycles. The zero-order chi connectivity index (χ0) is 20.4. The van der Waals surface area contributed by atoms with Crippen molar-refractivity contribution in [1.82, 2.24) is 15.8 Å². The fraction of sp³-hybridized carbons (Fsp3) is 0.500. The lowest BCUT2D eigenvalue weighted by atomic mass is 10.1. The molecule has 0 spiro atoms. The average molecular weight is 534 g/mol. The molecule has 0 aliphatic carbocycles. The van der Waals surface area contributed by atoms with Gasteiger partial charge in [-0.25, -0.2) is 13.4 Å². The van der Waals surface area contributed by atoms with Crippen molar-refractivity contribution in [3.8, 4) is 0 Å². The van der Waals surface area contributed by atoms with Crippen LogP contribution < -0.4 is 10.6 Å². The molecule has 7 nitrogen and oxygen atoms in total. The molecule has 162 valence electrons. The van der Waals surface area contributed by atoms with Crippen molar-refractivity contribution < 1.29 is 12.9 Å². The highest BCUT2D eigenvalue weighted by molar-refractivity contribution is 14.0. The van der Waals surface area contributed by atoms with Crippen molar-refractivity contribution in [1.29, 1.82) is 0 Å². The van der Waals surface area contributed by atoms with Crippen LogP contribution in [0, 0.1) is 0 Å². The van der Waals surface area contributed by atoms with Gasteiger partial charge in [-0.1, -0.05) is 49.3 Å². The van der Waals surface area contributed by atoms with E-state index in [9.17, 15) is 8.42 Å². The number of nitrogens with zero attached hydrogens (tertiary/aromatic N) is 2. The Hall–Kier alpha value is -1.62. The second-order valence-electron chi connectivity index (χ2n) is 6.93. The van der Waals surface area contributed by atoms with Gasteiger partial charge in [-0.3, -0.25) is 0 Å². The van der Waals surface area contributed by atoms with Crippen LogP contribution in [0.5, 0.6) is 0 Å². The van der Waals surface area contributed by atoms with Crippen LogP contribution in [0.4, 0.5) is 0 Å². The quantitative estimate of drug-likeness (QED) is 0.210. The van der Waals surface area contributed by atoms with E-state index in [0.717, 1.165) is 11.3 Å². The van der Waals surface area contributed by atoms with E-state index in [0.29, 0.717) is 43.7 Å². The van der Waals surface area contributed by atoms with Crippen LogP contribution in [0.25, 0.3) is 0 Å². The predicted octanol–water partition coefficient (Wildman–Crippen LogP) is 3.48. The summed E-state index contributed by atoms with van der Waals surface area (Å²) in [6, 6.07) is 11.2. The monoisotopic (exact) mass is 534 g/mol. The molecule has 0 radical (unpaired) electrons. The number of aromatic nitrogens is 1. The van der Waals surface area contributed by atoms with Gasteiger partial charge in [0.05, 0.1) is 17.2 Å². The number of benzene rings is 1. The zero-order valence-corrected chi connectivity index (χ0v) is 20.4. The second-order valence-corrected chi connectivity index (χ2v) is 9.11. The average Bonchev–Trinajstić information content (AvgIpc) is 3.13. The molecule has 0 amide bonds. The summed E-state index contributed by atoms with van der Waals surface area (Å²) < 4.78 is 29.8. The summed E-state index contributed by atoms with van der Waals surface area (Å²) in [5.41, 5.74) is 1.73. The Balaban J connectivity index is 0.00000420. The van der Waals surface area contributed by atoms with Crippen LogP contribution in [0.1, 0.15) is 50.1 Å². The molecular formula is C20H31IN4O3S. The standard InChI is InChI=1S/C20H30N4O3S.HI/c1-4-21-20(23-14-18-13-19(16(2)3)24-27-18)22-11-8-12-28(25,26)15-17-9-6-5-7-10-17;/h5-7,9-10,13,16H,4,8,11-12,14-15H2,1-3H3,(H2,21,22,23);1H. The number of hydrogen-bond acceptors (Lipinski definition) is 5. The van der Waals surface area contributed by atoms with Gasteiger partial charge in [-0.2, -0.15) is 0 Å². The number of nitrogens with one attached hydrogen (secondary N) is 2. The zero-order valence-electron chi connectivity index (χ0n) is 17.2. The lowest BCUT2D eigenvalue weighted by molar-refractivity contribution is 0.376. The molecule has 0 saturated carbocycles. The molecular weight excluding hydrogens is 503 g/mol. The highest BCUT2D eigenvalue weighted by Gasteiger charge is 2.12. The maximum Gasteiger partial charge on any atom is 0.191 e. The van der Waals surface area contributed by atoms with Gasteiger partial charge in [-0.15, -0.1) is 24.0 Å². The molecule has 0 bridgehead atoms. The summed E-state index contributed by atoms with van der Waals surface area (Å²) in [4.78, 5) is 4.47. The summed E-state index contributed by atoms with van der Waals surface area (Å²) in [6.45, 7) is 7.71. The van der Waals surface area contributed by atoms with Gasteiger partial charge in [0, 0.05) is 19.2 Å². The molecule has 2 N–H and O–H groups in total. The number of aliphatic imine (C=N–C) groups is 1. The molecule has 1 heterocycles. The van der Waals surface area contributed by atoms with E-state index in [1.807, 2.05) is 43.3 Å². The third-order valence-corrected chi connectivity index (χ3v) is 5.74. The van der Waals surface area contributed by atoms with Crippen molar-refractivity contribution in [3.05, 3.63) is 53.4 Å². The third kappa shape index (κ3) is 9.62. The van der Waals surface area contributed by atoms with Crippen molar-refractivity contribution >= 4 is 39.8 Å². The molecule has 0 aliphatic rings. The van der Waals surface area contributed by atoms with E-state index in [-0.39, 0.29) is 35.5 Å². The maximum atomic E-state index is 12.2. The molecule has 2 aromatic rings. The van der Waals surface area contributed by atoms with E-state index < -0.39 is 9.84 Å². The molecule has 0 unspecified atom stereocenters. The van der Waals surface area contributed by atoms with E-state index in [4.69, 9.17) is 4.52 Å². The molecule has 29 heavy (non-hydrogen) atoms. The molecule has 1 aromatic heterocycles. The van der Waals surface area contributed by atoms with Gasteiger partial charge in [0.2, 0.25) is 0 Å². The van der Waals surface area contributed by atoms with Gasteiger partial charge < -0.3 is 15.2 Å². The largest absolute Gasteiger partial charge is 0.359 e. The Morgan fingerprint density at radius 1 is 1.21 bits per heavy atom. The topological polar surface area (TPSA) is 96.6 Å². The van der Waals surface area contributed by atoms with E-state index in [1.54, 1.807) is 0 Å². The minimum atomic E-state index is -3.13. The SMILES string of the molecule is CCNC(=NCc1cc(C(C)C)no1)NCCCS(=O)(=O)Cc1ccccc1.I. The molecule has 2 rings (SSSR count). The first-order chi connectivity index (χ1) is 13.4. The molecule has 1 aromatic carbocycles. The second kappa shape index (κ2) is 12.8. The van der Waals surface area contributed by atoms with Gasteiger partial charge in [0.15, 0.2) is 21.6 Å². The minimum absolute atomic E-state index is 0. The number of hydrogen-bond donors (Lipinski definition) is 2. The van der Waals surface area contributed by atoms with Crippen LogP contribution in [0.3, 0.4) is 0 Å². The fourth-order valence-electron chi connectivity index (χ4n) is 2.57. The summed E-state index contributed by atoms with van der Waals surface area (Å²) in [5, 5.41) is 10.3. The van der Waals surface area contributed by atoms with Gasteiger partial charge in [-0.05, 0) is 24.8 Å². The summed E-state index contributed by atoms with van der Waals surface area (Å²) in [7, 11) is -3.13.